The van der Waals surface area contributed by atoms with Crippen LogP contribution in [0.1, 0.15) is 38.8 Å². The van der Waals surface area contributed by atoms with Gasteiger partial charge in [-0.15, -0.1) is 0 Å². The van der Waals surface area contributed by atoms with Gasteiger partial charge in [-0.1, -0.05) is 12.1 Å². The van der Waals surface area contributed by atoms with Crippen LogP contribution in [-0.2, 0) is 11.3 Å². The number of nitrogens with two attached hydrogens (primary N) is 1. The predicted molar refractivity (Wildman–Crippen MR) is 75.0 cm³/mol. The lowest BCUT2D eigenvalue weighted by atomic mass is 9.74. The normalized spacial score (nSPS) is 12.4. The largest absolute Gasteiger partial charge is 0.352 e. The molecule has 0 saturated heterocycles. The smallest absolute Gasteiger partial charge is 0.227 e. The molecule has 0 bridgehead atoms. The first-order chi connectivity index (χ1) is 8.55. The average molecular weight is 266 g/mol. The number of carbonyl (C=O) groups excluding carboxylic acids is 1. The molecule has 0 aliphatic carbocycles. The third-order valence-corrected chi connectivity index (χ3v) is 3.87. The first-order valence-corrected chi connectivity index (χ1v) is 6.38. The lowest BCUT2D eigenvalue weighted by molar-refractivity contribution is -0.132. The van der Waals surface area contributed by atoms with Crippen LogP contribution in [0.2, 0.25) is 0 Å². The molecule has 106 valence electrons. The number of nitrogens with one attached hydrogen (secondary N) is 1. The molecule has 3 N–H and O–H groups in total. The summed E-state index contributed by atoms with van der Waals surface area (Å²) in [6.45, 7) is 9.25. The van der Waals surface area contributed by atoms with E-state index in [-0.39, 0.29) is 11.7 Å². The van der Waals surface area contributed by atoms with Crippen molar-refractivity contribution < 1.29 is 9.18 Å². The van der Waals surface area contributed by atoms with Crippen LogP contribution in [0.5, 0.6) is 0 Å². The Morgan fingerprint density at radius 1 is 1.32 bits per heavy atom. The van der Waals surface area contributed by atoms with Crippen LogP contribution in [0.3, 0.4) is 0 Å². The number of halogens is 1. The Labute approximate surface area is 114 Å². The van der Waals surface area contributed by atoms with E-state index in [1.807, 2.05) is 13.8 Å². The van der Waals surface area contributed by atoms with Crippen LogP contribution in [0.4, 0.5) is 4.39 Å². The van der Waals surface area contributed by atoms with Crippen molar-refractivity contribution in [2.75, 3.05) is 0 Å². The Hall–Kier alpha value is -1.42. The van der Waals surface area contributed by atoms with Crippen molar-refractivity contribution >= 4 is 5.91 Å². The maximum Gasteiger partial charge on any atom is 0.227 e. The van der Waals surface area contributed by atoms with Gasteiger partial charge in [-0.05, 0) is 51.8 Å². The van der Waals surface area contributed by atoms with E-state index in [4.69, 9.17) is 5.73 Å². The van der Waals surface area contributed by atoms with Crippen LogP contribution < -0.4 is 11.1 Å². The van der Waals surface area contributed by atoms with E-state index in [2.05, 4.69) is 5.32 Å². The van der Waals surface area contributed by atoms with E-state index in [1.165, 1.54) is 6.07 Å². The minimum Gasteiger partial charge on any atom is -0.352 e. The molecular formula is C15H23FN2O. The van der Waals surface area contributed by atoms with Gasteiger partial charge >= 0.3 is 0 Å². The van der Waals surface area contributed by atoms with Gasteiger partial charge in [-0.3, -0.25) is 4.79 Å². The number of benzene rings is 1. The fraction of sp³-hybridized carbons (Fsp3) is 0.533. The van der Waals surface area contributed by atoms with Crippen LogP contribution in [0.15, 0.2) is 18.2 Å². The molecule has 0 spiro atoms. The number of hydrogen-bond acceptors (Lipinski definition) is 2. The highest BCUT2D eigenvalue weighted by Crippen LogP contribution is 2.28. The summed E-state index contributed by atoms with van der Waals surface area (Å²) < 4.78 is 13.4. The molecule has 1 aromatic carbocycles. The zero-order valence-corrected chi connectivity index (χ0v) is 12.3. The number of amides is 1. The van der Waals surface area contributed by atoms with Gasteiger partial charge in [-0.25, -0.2) is 4.39 Å². The van der Waals surface area contributed by atoms with Gasteiger partial charge in [0.1, 0.15) is 5.82 Å². The molecule has 0 aromatic heterocycles. The first-order valence-electron chi connectivity index (χ1n) is 6.38. The molecule has 0 aliphatic heterocycles. The van der Waals surface area contributed by atoms with Crippen LogP contribution in [-0.4, -0.2) is 11.4 Å². The van der Waals surface area contributed by atoms with Crippen molar-refractivity contribution in [3.63, 3.8) is 0 Å². The summed E-state index contributed by atoms with van der Waals surface area (Å²) in [6, 6.07) is 4.95. The maximum atomic E-state index is 13.4. The van der Waals surface area contributed by atoms with E-state index in [1.54, 1.807) is 32.9 Å². The minimum absolute atomic E-state index is 0.138. The first kappa shape index (κ1) is 15.6. The van der Waals surface area contributed by atoms with E-state index in [9.17, 15) is 9.18 Å². The Morgan fingerprint density at radius 2 is 1.89 bits per heavy atom. The van der Waals surface area contributed by atoms with E-state index in [0.29, 0.717) is 12.1 Å². The van der Waals surface area contributed by atoms with Crippen molar-refractivity contribution in [1.82, 2.24) is 5.32 Å². The number of rotatable bonds is 4. The van der Waals surface area contributed by atoms with Gasteiger partial charge in [0, 0.05) is 12.1 Å². The molecule has 0 fully saturated rings. The van der Waals surface area contributed by atoms with Crippen molar-refractivity contribution in [2.45, 2.75) is 46.7 Å². The quantitative estimate of drug-likeness (QED) is 0.879. The molecule has 0 atom stereocenters. The Bertz CT molecular complexity index is 476. The number of carbonyl (C=O) groups is 1. The van der Waals surface area contributed by atoms with Gasteiger partial charge in [-0.2, -0.15) is 0 Å². The van der Waals surface area contributed by atoms with E-state index in [0.717, 1.165) is 5.56 Å². The van der Waals surface area contributed by atoms with E-state index >= 15 is 0 Å². The van der Waals surface area contributed by atoms with Gasteiger partial charge in [0.2, 0.25) is 5.91 Å². The molecular weight excluding hydrogens is 243 g/mol. The highest BCUT2D eigenvalue weighted by molar-refractivity contribution is 5.83. The highest BCUT2D eigenvalue weighted by atomic mass is 19.1. The maximum absolute atomic E-state index is 13.4. The fourth-order valence-corrected chi connectivity index (χ4v) is 1.44. The predicted octanol–water partition coefficient (Wildman–Crippen LogP) is 2.51. The van der Waals surface area contributed by atoms with Crippen molar-refractivity contribution in [3.05, 3.63) is 35.1 Å². The van der Waals surface area contributed by atoms with Crippen molar-refractivity contribution in [2.24, 2.45) is 11.1 Å². The lowest BCUT2D eigenvalue weighted by Crippen LogP contribution is -2.55. The Morgan fingerprint density at radius 3 is 2.37 bits per heavy atom. The summed E-state index contributed by atoms with van der Waals surface area (Å²) in [5.74, 6) is -0.397. The number of hydrogen-bond donors (Lipinski definition) is 2. The van der Waals surface area contributed by atoms with Gasteiger partial charge < -0.3 is 11.1 Å². The monoisotopic (exact) mass is 266 g/mol. The summed E-state index contributed by atoms with van der Waals surface area (Å²) in [5, 5.41) is 2.81. The van der Waals surface area contributed by atoms with Gasteiger partial charge in [0.15, 0.2) is 0 Å². The lowest BCUT2D eigenvalue weighted by Gasteiger charge is -2.36. The second-order valence-electron chi connectivity index (χ2n) is 6.11. The third-order valence-electron chi connectivity index (χ3n) is 3.87. The van der Waals surface area contributed by atoms with Crippen molar-refractivity contribution in [3.8, 4) is 0 Å². The molecule has 0 heterocycles. The summed E-state index contributed by atoms with van der Waals surface area (Å²) in [6.07, 6.45) is 0. The summed E-state index contributed by atoms with van der Waals surface area (Å²) in [5.41, 5.74) is 6.01. The molecule has 0 saturated carbocycles. The third kappa shape index (κ3) is 3.53. The average Bonchev–Trinajstić information content (AvgIpc) is 2.28. The molecule has 1 rings (SSSR count). The second kappa shape index (κ2) is 5.29. The zero-order valence-electron chi connectivity index (χ0n) is 12.3. The Balaban J connectivity index is 2.72. The van der Waals surface area contributed by atoms with Gasteiger partial charge in [0.25, 0.3) is 0 Å². The summed E-state index contributed by atoms with van der Waals surface area (Å²) in [7, 11) is 0. The molecule has 0 aliphatic rings. The molecule has 0 unspecified atom stereocenters. The van der Waals surface area contributed by atoms with Crippen LogP contribution in [0, 0.1) is 18.2 Å². The summed E-state index contributed by atoms with van der Waals surface area (Å²) in [4.78, 5) is 12.2. The second-order valence-corrected chi connectivity index (χ2v) is 6.11. The van der Waals surface area contributed by atoms with Crippen molar-refractivity contribution in [1.29, 1.82) is 0 Å². The van der Waals surface area contributed by atoms with Crippen LogP contribution >= 0.6 is 0 Å². The summed E-state index contributed by atoms with van der Waals surface area (Å²) >= 11 is 0. The standard InChI is InChI=1S/C15H23FN2O/c1-10-6-7-11(8-12(10)16)9-18-13(19)14(2,3)15(4,5)17/h6-8H,9,17H2,1-5H3,(H,18,19). The molecule has 19 heavy (non-hydrogen) atoms. The molecule has 3 nitrogen and oxygen atoms in total. The molecule has 0 radical (unpaired) electrons. The fourth-order valence-electron chi connectivity index (χ4n) is 1.44. The minimum atomic E-state index is -0.698. The van der Waals surface area contributed by atoms with E-state index < -0.39 is 11.0 Å². The van der Waals surface area contributed by atoms with Crippen LogP contribution in [0.25, 0.3) is 0 Å². The SMILES string of the molecule is Cc1ccc(CNC(=O)C(C)(C)C(C)(C)N)cc1F. The molecule has 1 amide bonds. The number of aryl methyl sites for hydroxylation is 1. The molecule has 1 aromatic rings. The zero-order chi connectivity index (χ0) is 14.8. The highest BCUT2D eigenvalue weighted by Gasteiger charge is 2.40. The molecule has 4 heteroatoms. The van der Waals surface area contributed by atoms with Gasteiger partial charge in [0.05, 0.1) is 5.41 Å². The Kier molecular flexibility index (Phi) is 4.35. The topological polar surface area (TPSA) is 55.1 Å².